The Morgan fingerprint density at radius 3 is 2.33 bits per heavy atom. The number of amides is 1. The largest absolute Gasteiger partial charge is 0.484 e. The van der Waals surface area contributed by atoms with Gasteiger partial charge >= 0.3 is 6.18 Å². The van der Waals surface area contributed by atoms with Crippen molar-refractivity contribution in [1.82, 2.24) is 5.32 Å². The summed E-state index contributed by atoms with van der Waals surface area (Å²) in [5.74, 6) is -0.123. The van der Waals surface area contributed by atoms with E-state index >= 15 is 0 Å². The van der Waals surface area contributed by atoms with Crippen LogP contribution in [0.15, 0.2) is 47.4 Å². The van der Waals surface area contributed by atoms with Gasteiger partial charge in [-0.3, -0.25) is 9.52 Å². The molecule has 0 heterocycles. The number of halogens is 4. The van der Waals surface area contributed by atoms with Crippen molar-refractivity contribution < 1.29 is 31.1 Å². The number of nitrogens with one attached hydrogen (secondary N) is 2. The van der Waals surface area contributed by atoms with Gasteiger partial charge in [0, 0.05) is 7.05 Å². The zero-order valence-corrected chi connectivity index (χ0v) is 15.4. The Morgan fingerprint density at radius 2 is 1.78 bits per heavy atom. The molecule has 2 aromatic rings. The molecule has 0 radical (unpaired) electrons. The molecule has 0 spiro atoms. The van der Waals surface area contributed by atoms with E-state index in [-0.39, 0.29) is 28.2 Å². The first kappa shape index (κ1) is 20.8. The minimum atomic E-state index is -4.64. The molecule has 0 aliphatic heterocycles. The molecule has 146 valence electrons. The number of ether oxygens (including phenoxy) is 1. The maximum absolute atomic E-state index is 12.8. The molecule has 0 aromatic heterocycles. The van der Waals surface area contributed by atoms with E-state index in [9.17, 15) is 26.4 Å². The van der Waals surface area contributed by atoms with Gasteiger partial charge in [-0.15, -0.1) is 0 Å². The van der Waals surface area contributed by atoms with Crippen molar-refractivity contribution in [1.29, 1.82) is 0 Å². The maximum atomic E-state index is 12.8. The van der Waals surface area contributed by atoms with Gasteiger partial charge in [-0.25, -0.2) is 8.42 Å². The van der Waals surface area contributed by atoms with Crippen LogP contribution < -0.4 is 14.8 Å². The van der Waals surface area contributed by atoms with Gasteiger partial charge in [0.25, 0.3) is 15.9 Å². The Hall–Kier alpha value is -2.46. The molecule has 0 aliphatic carbocycles. The summed E-state index contributed by atoms with van der Waals surface area (Å²) in [4.78, 5) is 10.9. The fourth-order valence-electron chi connectivity index (χ4n) is 1.92. The van der Waals surface area contributed by atoms with Gasteiger partial charge in [-0.05, 0) is 42.5 Å². The minimum Gasteiger partial charge on any atom is -0.484 e. The third kappa shape index (κ3) is 5.51. The van der Waals surface area contributed by atoms with Crippen LogP contribution in [0.2, 0.25) is 5.02 Å². The zero-order valence-electron chi connectivity index (χ0n) is 13.8. The van der Waals surface area contributed by atoms with Gasteiger partial charge in [-0.2, -0.15) is 13.2 Å². The highest BCUT2D eigenvalue weighted by atomic mass is 35.5. The molecule has 0 atom stereocenters. The quantitative estimate of drug-likeness (QED) is 0.748. The SMILES string of the molecule is CNC(=O)COc1ccc(S(=O)(=O)Nc2cc(C(F)(F)F)ccc2Cl)cc1. The van der Waals surface area contributed by atoms with Crippen LogP contribution >= 0.6 is 11.6 Å². The smallest absolute Gasteiger partial charge is 0.416 e. The van der Waals surface area contributed by atoms with Gasteiger partial charge in [0.2, 0.25) is 0 Å². The number of anilines is 1. The van der Waals surface area contributed by atoms with Crippen molar-refractivity contribution in [2.24, 2.45) is 0 Å². The lowest BCUT2D eigenvalue weighted by atomic mass is 10.2. The van der Waals surface area contributed by atoms with Crippen molar-refractivity contribution in [2.75, 3.05) is 18.4 Å². The number of rotatable bonds is 6. The van der Waals surface area contributed by atoms with Crippen LogP contribution in [0.25, 0.3) is 0 Å². The summed E-state index contributed by atoms with van der Waals surface area (Å²) in [6.07, 6.45) is -4.64. The highest BCUT2D eigenvalue weighted by molar-refractivity contribution is 7.92. The Bertz CT molecular complexity index is 932. The second kappa shape index (κ2) is 8.05. The van der Waals surface area contributed by atoms with Gasteiger partial charge in [0.15, 0.2) is 6.61 Å². The third-order valence-corrected chi connectivity index (χ3v) is 5.03. The maximum Gasteiger partial charge on any atom is 0.416 e. The van der Waals surface area contributed by atoms with Crippen LogP contribution in [0.1, 0.15) is 5.56 Å². The number of hydrogen-bond acceptors (Lipinski definition) is 4. The van der Waals surface area contributed by atoms with E-state index < -0.39 is 27.5 Å². The molecule has 0 unspecified atom stereocenters. The number of carbonyl (C=O) groups is 1. The highest BCUT2D eigenvalue weighted by Crippen LogP contribution is 2.34. The number of carbonyl (C=O) groups excluding carboxylic acids is 1. The van der Waals surface area contributed by atoms with Crippen molar-refractivity contribution in [2.45, 2.75) is 11.1 Å². The summed E-state index contributed by atoms with van der Waals surface area (Å²) >= 11 is 5.80. The zero-order chi connectivity index (χ0) is 20.2. The van der Waals surface area contributed by atoms with E-state index in [1.165, 1.54) is 31.3 Å². The predicted octanol–water partition coefficient (Wildman–Crippen LogP) is 3.28. The molecule has 6 nitrogen and oxygen atoms in total. The Morgan fingerprint density at radius 1 is 1.15 bits per heavy atom. The molecule has 0 saturated carbocycles. The Balaban J connectivity index is 2.21. The van der Waals surface area contributed by atoms with E-state index in [1.54, 1.807) is 0 Å². The van der Waals surface area contributed by atoms with Gasteiger partial charge < -0.3 is 10.1 Å². The van der Waals surface area contributed by atoms with Crippen LogP contribution in [0.5, 0.6) is 5.75 Å². The number of likely N-dealkylation sites (N-methyl/N-ethyl adjacent to an activating group) is 1. The molecule has 2 rings (SSSR count). The molecular weight excluding hydrogens is 409 g/mol. The van der Waals surface area contributed by atoms with Crippen LogP contribution in [-0.4, -0.2) is 28.0 Å². The monoisotopic (exact) mass is 422 g/mol. The van der Waals surface area contributed by atoms with Crippen LogP contribution in [0, 0.1) is 0 Å². The first-order valence-corrected chi connectivity index (χ1v) is 9.22. The number of sulfonamides is 1. The molecule has 1 amide bonds. The minimum absolute atomic E-state index is 0.183. The van der Waals surface area contributed by atoms with Crippen molar-refractivity contribution in [3.8, 4) is 5.75 Å². The van der Waals surface area contributed by atoms with Crippen LogP contribution in [-0.2, 0) is 21.0 Å². The first-order chi connectivity index (χ1) is 12.5. The molecule has 0 fully saturated rings. The summed E-state index contributed by atoms with van der Waals surface area (Å²) < 4.78 is 70.3. The predicted molar refractivity (Wildman–Crippen MR) is 93.3 cm³/mol. The summed E-state index contributed by atoms with van der Waals surface area (Å²) in [6.45, 7) is -0.249. The van der Waals surface area contributed by atoms with Gasteiger partial charge in [-0.1, -0.05) is 11.6 Å². The Kier molecular flexibility index (Phi) is 6.22. The van der Waals surface area contributed by atoms with E-state index in [0.29, 0.717) is 6.07 Å². The fourth-order valence-corrected chi connectivity index (χ4v) is 3.21. The van der Waals surface area contributed by atoms with E-state index in [4.69, 9.17) is 16.3 Å². The molecule has 2 aromatic carbocycles. The number of hydrogen-bond donors (Lipinski definition) is 2. The third-order valence-electron chi connectivity index (χ3n) is 3.32. The van der Waals surface area contributed by atoms with E-state index in [1.807, 2.05) is 4.72 Å². The van der Waals surface area contributed by atoms with Crippen molar-refractivity contribution in [3.05, 3.63) is 53.1 Å². The molecular formula is C16H14ClF3N2O4S. The fraction of sp³-hybridized carbons (Fsp3) is 0.188. The molecule has 0 aliphatic rings. The summed E-state index contributed by atoms with van der Waals surface area (Å²) in [5, 5.41) is 2.17. The van der Waals surface area contributed by atoms with Crippen molar-refractivity contribution in [3.63, 3.8) is 0 Å². The summed E-state index contributed by atoms with van der Waals surface area (Å²) in [5.41, 5.74) is -1.44. The molecule has 11 heteroatoms. The topological polar surface area (TPSA) is 84.5 Å². The molecule has 0 bridgehead atoms. The lowest BCUT2D eigenvalue weighted by Gasteiger charge is -2.13. The second-order valence-corrected chi connectivity index (χ2v) is 7.32. The normalized spacial score (nSPS) is 11.7. The number of benzene rings is 2. The summed E-state index contributed by atoms with van der Waals surface area (Å²) in [6, 6.07) is 7.31. The number of alkyl halides is 3. The standard InChI is InChI=1S/C16H14ClF3N2O4S/c1-21-15(23)9-26-11-3-5-12(6-4-11)27(24,25)22-14-8-10(16(18,19)20)2-7-13(14)17/h2-8,22H,9H2,1H3,(H,21,23). The Labute approximate surface area is 158 Å². The lowest BCUT2D eigenvalue weighted by Crippen LogP contribution is -2.24. The molecule has 0 saturated heterocycles. The van der Waals surface area contributed by atoms with Gasteiger partial charge in [0.1, 0.15) is 5.75 Å². The molecule has 2 N–H and O–H groups in total. The average molecular weight is 423 g/mol. The van der Waals surface area contributed by atoms with E-state index in [2.05, 4.69) is 5.32 Å². The van der Waals surface area contributed by atoms with Crippen molar-refractivity contribution >= 4 is 33.2 Å². The molecule has 27 heavy (non-hydrogen) atoms. The lowest BCUT2D eigenvalue weighted by molar-refractivity contribution is -0.137. The highest BCUT2D eigenvalue weighted by Gasteiger charge is 2.31. The summed E-state index contributed by atoms with van der Waals surface area (Å²) in [7, 11) is -2.75. The first-order valence-electron chi connectivity index (χ1n) is 7.36. The second-order valence-electron chi connectivity index (χ2n) is 5.23. The van der Waals surface area contributed by atoms with E-state index in [0.717, 1.165) is 12.1 Å². The van der Waals surface area contributed by atoms with Crippen LogP contribution in [0.4, 0.5) is 18.9 Å². The van der Waals surface area contributed by atoms with Crippen LogP contribution in [0.3, 0.4) is 0 Å². The average Bonchev–Trinajstić information content (AvgIpc) is 2.60. The van der Waals surface area contributed by atoms with Gasteiger partial charge in [0.05, 0.1) is 21.2 Å².